The maximum Gasteiger partial charge on any atom is 0.243 e. The van der Waals surface area contributed by atoms with Gasteiger partial charge >= 0.3 is 0 Å². The predicted molar refractivity (Wildman–Crippen MR) is 116 cm³/mol. The van der Waals surface area contributed by atoms with Crippen LogP contribution in [0.3, 0.4) is 0 Å². The van der Waals surface area contributed by atoms with Crippen molar-refractivity contribution in [3.05, 3.63) is 59.2 Å². The molecule has 1 aliphatic rings. The summed E-state index contributed by atoms with van der Waals surface area (Å²) in [6.07, 6.45) is 0. The lowest BCUT2D eigenvalue weighted by atomic mass is 10.1. The lowest BCUT2D eigenvalue weighted by Crippen LogP contribution is -2.53. The van der Waals surface area contributed by atoms with E-state index >= 15 is 0 Å². The summed E-state index contributed by atoms with van der Waals surface area (Å²) < 4.78 is 27.2. The number of piperazine rings is 1. The van der Waals surface area contributed by atoms with E-state index in [1.54, 1.807) is 12.1 Å². The number of sulfonamides is 1. The van der Waals surface area contributed by atoms with Gasteiger partial charge in [0.2, 0.25) is 15.9 Å². The van der Waals surface area contributed by atoms with E-state index in [0.29, 0.717) is 31.1 Å². The lowest BCUT2D eigenvalue weighted by Gasteiger charge is -2.36. The zero-order valence-electron chi connectivity index (χ0n) is 17.5. The van der Waals surface area contributed by atoms with Crippen molar-refractivity contribution in [1.29, 1.82) is 0 Å². The molecule has 1 atom stereocenters. The van der Waals surface area contributed by atoms with Crippen LogP contribution >= 0.6 is 0 Å². The Bertz CT molecular complexity index is 979. The van der Waals surface area contributed by atoms with Crippen LogP contribution in [0.1, 0.15) is 23.6 Å². The molecule has 0 aliphatic carbocycles. The van der Waals surface area contributed by atoms with Gasteiger partial charge in [-0.05, 0) is 57.0 Å². The normalized spacial score (nSPS) is 17.1. The van der Waals surface area contributed by atoms with Crippen LogP contribution in [0.5, 0.6) is 0 Å². The molecule has 7 heteroatoms. The molecule has 0 saturated carbocycles. The van der Waals surface area contributed by atoms with E-state index in [1.165, 1.54) is 4.31 Å². The molecule has 1 heterocycles. The average Bonchev–Trinajstić information content (AvgIpc) is 2.70. The van der Waals surface area contributed by atoms with E-state index in [1.807, 2.05) is 62.9 Å². The fourth-order valence-corrected chi connectivity index (χ4v) is 4.89. The first kappa shape index (κ1) is 21.5. The van der Waals surface area contributed by atoms with Gasteiger partial charge in [0.15, 0.2) is 0 Å². The Labute approximate surface area is 173 Å². The molecule has 0 aromatic heterocycles. The van der Waals surface area contributed by atoms with E-state index < -0.39 is 10.0 Å². The summed E-state index contributed by atoms with van der Waals surface area (Å²) in [4.78, 5) is 15.1. The Morgan fingerprint density at radius 3 is 2.14 bits per heavy atom. The number of carbonyl (C=O) groups is 1. The third kappa shape index (κ3) is 4.86. The zero-order chi connectivity index (χ0) is 21.2. The summed E-state index contributed by atoms with van der Waals surface area (Å²) in [7, 11) is -3.50. The first-order valence-corrected chi connectivity index (χ1v) is 11.3. The second-order valence-corrected chi connectivity index (χ2v) is 9.67. The van der Waals surface area contributed by atoms with Gasteiger partial charge in [0, 0.05) is 31.9 Å². The van der Waals surface area contributed by atoms with E-state index in [4.69, 9.17) is 0 Å². The van der Waals surface area contributed by atoms with Crippen LogP contribution in [-0.2, 0) is 14.8 Å². The molecule has 156 valence electrons. The van der Waals surface area contributed by atoms with Crippen molar-refractivity contribution in [3.8, 4) is 0 Å². The highest BCUT2D eigenvalue weighted by molar-refractivity contribution is 7.89. The lowest BCUT2D eigenvalue weighted by molar-refractivity contribution is -0.121. The molecule has 1 saturated heterocycles. The van der Waals surface area contributed by atoms with Crippen molar-refractivity contribution in [2.45, 2.75) is 38.6 Å². The summed E-state index contributed by atoms with van der Waals surface area (Å²) in [6, 6.07) is 12.6. The van der Waals surface area contributed by atoms with Crippen LogP contribution in [0.4, 0.5) is 5.69 Å². The van der Waals surface area contributed by atoms with Crippen LogP contribution in [0.15, 0.2) is 47.4 Å². The number of carbonyl (C=O) groups excluding carboxylic acids is 1. The minimum atomic E-state index is -3.50. The highest BCUT2D eigenvalue weighted by Crippen LogP contribution is 2.20. The number of hydrogen-bond donors (Lipinski definition) is 1. The van der Waals surface area contributed by atoms with Gasteiger partial charge in [0.05, 0.1) is 10.9 Å². The van der Waals surface area contributed by atoms with Gasteiger partial charge < -0.3 is 5.32 Å². The summed E-state index contributed by atoms with van der Waals surface area (Å²) in [5.74, 6) is -0.0754. The van der Waals surface area contributed by atoms with Gasteiger partial charge in [0.1, 0.15) is 0 Å². The molecule has 2 aromatic rings. The molecule has 1 N–H and O–H groups in total. The van der Waals surface area contributed by atoms with Gasteiger partial charge in [-0.15, -0.1) is 0 Å². The molecule has 0 radical (unpaired) electrons. The van der Waals surface area contributed by atoms with E-state index in [0.717, 1.165) is 22.4 Å². The third-order valence-corrected chi connectivity index (χ3v) is 7.42. The molecule has 1 fully saturated rings. The van der Waals surface area contributed by atoms with E-state index in [2.05, 4.69) is 5.32 Å². The van der Waals surface area contributed by atoms with Gasteiger partial charge in [-0.2, -0.15) is 4.31 Å². The predicted octanol–water partition coefficient (Wildman–Crippen LogP) is 2.95. The molecule has 0 unspecified atom stereocenters. The maximum absolute atomic E-state index is 12.8. The van der Waals surface area contributed by atoms with Gasteiger partial charge in [-0.3, -0.25) is 9.69 Å². The molecular formula is C22H29N3O3S. The molecule has 0 bridgehead atoms. The SMILES string of the molecule is Cc1ccc(S(=O)(=O)N2CCN([C@@H](C)C(=O)Nc3cc(C)ccc3C)CC2)cc1. The van der Waals surface area contributed by atoms with Crippen molar-refractivity contribution >= 4 is 21.6 Å². The monoisotopic (exact) mass is 415 g/mol. The number of anilines is 1. The highest BCUT2D eigenvalue weighted by Gasteiger charge is 2.31. The van der Waals surface area contributed by atoms with Crippen molar-refractivity contribution < 1.29 is 13.2 Å². The van der Waals surface area contributed by atoms with Crippen molar-refractivity contribution in [1.82, 2.24) is 9.21 Å². The summed E-state index contributed by atoms with van der Waals surface area (Å²) in [6.45, 7) is 9.54. The second-order valence-electron chi connectivity index (χ2n) is 7.74. The smallest absolute Gasteiger partial charge is 0.243 e. The standard InChI is InChI=1S/C22H29N3O3S/c1-16-6-9-20(10-7-16)29(27,28)25-13-11-24(12-14-25)19(4)22(26)23-21-15-17(2)5-8-18(21)3/h5-10,15,19H,11-14H2,1-4H3,(H,23,26)/t19-/m0/s1. The summed E-state index contributed by atoms with van der Waals surface area (Å²) in [5.41, 5.74) is 3.96. The molecule has 6 nitrogen and oxygen atoms in total. The first-order chi connectivity index (χ1) is 13.7. The number of amides is 1. The Kier molecular flexibility index (Phi) is 6.41. The molecule has 29 heavy (non-hydrogen) atoms. The molecular weight excluding hydrogens is 386 g/mol. The molecule has 2 aromatic carbocycles. The fraction of sp³-hybridized carbons (Fsp3) is 0.409. The molecule has 3 rings (SSSR count). The maximum atomic E-state index is 12.8. The Morgan fingerprint density at radius 1 is 0.931 bits per heavy atom. The fourth-order valence-electron chi connectivity index (χ4n) is 3.46. The van der Waals surface area contributed by atoms with Gasteiger partial charge in [-0.25, -0.2) is 8.42 Å². The number of hydrogen-bond acceptors (Lipinski definition) is 4. The number of nitrogens with zero attached hydrogens (tertiary/aromatic N) is 2. The Hall–Kier alpha value is -2.22. The van der Waals surface area contributed by atoms with Crippen molar-refractivity contribution in [3.63, 3.8) is 0 Å². The van der Waals surface area contributed by atoms with Crippen molar-refractivity contribution in [2.75, 3.05) is 31.5 Å². The zero-order valence-corrected chi connectivity index (χ0v) is 18.3. The number of benzene rings is 2. The first-order valence-electron chi connectivity index (χ1n) is 9.87. The number of aryl methyl sites for hydroxylation is 3. The van der Waals surface area contributed by atoms with Gasteiger partial charge in [-0.1, -0.05) is 29.8 Å². The Balaban J connectivity index is 1.61. The molecule has 1 aliphatic heterocycles. The summed E-state index contributed by atoms with van der Waals surface area (Å²) >= 11 is 0. The van der Waals surface area contributed by atoms with E-state index in [9.17, 15) is 13.2 Å². The topological polar surface area (TPSA) is 69.7 Å². The number of nitrogens with one attached hydrogen (secondary N) is 1. The van der Waals surface area contributed by atoms with Crippen LogP contribution in [-0.4, -0.2) is 55.8 Å². The molecule has 1 amide bonds. The van der Waals surface area contributed by atoms with Crippen LogP contribution in [0, 0.1) is 20.8 Å². The number of rotatable bonds is 5. The van der Waals surface area contributed by atoms with Gasteiger partial charge in [0.25, 0.3) is 0 Å². The Morgan fingerprint density at radius 2 is 1.52 bits per heavy atom. The third-order valence-electron chi connectivity index (χ3n) is 5.51. The second kappa shape index (κ2) is 8.65. The van der Waals surface area contributed by atoms with Crippen LogP contribution < -0.4 is 5.32 Å². The van der Waals surface area contributed by atoms with Crippen LogP contribution in [0.25, 0.3) is 0 Å². The minimum absolute atomic E-state index is 0.0754. The average molecular weight is 416 g/mol. The summed E-state index contributed by atoms with van der Waals surface area (Å²) in [5, 5.41) is 3.01. The quantitative estimate of drug-likeness (QED) is 0.815. The largest absolute Gasteiger partial charge is 0.324 e. The molecule has 0 spiro atoms. The highest BCUT2D eigenvalue weighted by atomic mass is 32.2. The minimum Gasteiger partial charge on any atom is -0.324 e. The van der Waals surface area contributed by atoms with Crippen LogP contribution in [0.2, 0.25) is 0 Å². The van der Waals surface area contributed by atoms with E-state index in [-0.39, 0.29) is 11.9 Å². The van der Waals surface area contributed by atoms with Crippen molar-refractivity contribution in [2.24, 2.45) is 0 Å².